The molecular formula is C16H17N3O6S. The van der Waals surface area contributed by atoms with E-state index < -0.39 is 20.9 Å². The van der Waals surface area contributed by atoms with Crippen LogP contribution >= 0.6 is 0 Å². The van der Waals surface area contributed by atoms with E-state index in [-0.39, 0.29) is 22.2 Å². The van der Waals surface area contributed by atoms with Gasteiger partial charge in [0, 0.05) is 30.4 Å². The van der Waals surface area contributed by atoms with Crippen molar-refractivity contribution in [2.75, 3.05) is 18.4 Å². The molecule has 0 unspecified atom stereocenters. The number of hydrogen-bond donors (Lipinski definition) is 1. The Balaban J connectivity index is 1.78. The fraction of sp³-hybridized carbons (Fsp3) is 0.312. The predicted molar refractivity (Wildman–Crippen MR) is 92.5 cm³/mol. The van der Waals surface area contributed by atoms with E-state index in [4.69, 9.17) is 4.42 Å². The molecule has 1 aliphatic heterocycles. The van der Waals surface area contributed by atoms with Crippen molar-refractivity contribution in [3.63, 3.8) is 0 Å². The molecule has 1 saturated heterocycles. The molecule has 138 valence electrons. The van der Waals surface area contributed by atoms with Crippen LogP contribution in [0.5, 0.6) is 0 Å². The van der Waals surface area contributed by atoms with E-state index in [0.717, 1.165) is 12.8 Å². The topological polar surface area (TPSA) is 123 Å². The zero-order chi connectivity index (χ0) is 18.9. The molecule has 1 amide bonds. The Morgan fingerprint density at radius 1 is 1.23 bits per heavy atom. The third kappa shape index (κ3) is 3.46. The van der Waals surface area contributed by atoms with Crippen LogP contribution in [0.3, 0.4) is 0 Å². The zero-order valence-corrected chi connectivity index (χ0v) is 14.8. The summed E-state index contributed by atoms with van der Waals surface area (Å²) in [5, 5.41) is 13.1. The van der Waals surface area contributed by atoms with Gasteiger partial charge in [-0.3, -0.25) is 14.9 Å². The van der Waals surface area contributed by atoms with Gasteiger partial charge in [-0.15, -0.1) is 0 Å². The molecule has 1 aromatic carbocycles. The number of nitro groups is 1. The van der Waals surface area contributed by atoms with Gasteiger partial charge in [0.2, 0.25) is 5.09 Å². The van der Waals surface area contributed by atoms with Gasteiger partial charge in [0.1, 0.15) is 0 Å². The van der Waals surface area contributed by atoms with Crippen molar-refractivity contribution >= 4 is 27.3 Å². The quantitative estimate of drug-likeness (QED) is 0.629. The maximum atomic E-state index is 12.4. The van der Waals surface area contributed by atoms with E-state index in [1.165, 1.54) is 34.6 Å². The Morgan fingerprint density at radius 3 is 2.58 bits per heavy atom. The summed E-state index contributed by atoms with van der Waals surface area (Å²) >= 11 is 0. The Labute approximate surface area is 149 Å². The van der Waals surface area contributed by atoms with Crippen LogP contribution in [0, 0.1) is 17.0 Å². The van der Waals surface area contributed by atoms with Crippen LogP contribution in [0.15, 0.2) is 39.8 Å². The second-order valence-electron chi connectivity index (χ2n) is 5.94. The van der Waals surface area contributed by atoms with E-state index >= 15 is 0 Å². The zero-order valence-electron chi connectivity index (χ0n) is 14.0. The maximum Gasteiger partial charge on any atom is 0.291 e. The number of aryl methyl sites for hydroxylation is 1. The third-order valence-corrected chi connectivity index (χ3v) is 5.90. The number of hydrogen-bond acceptors (Lipinski definition) is 6. The average Bonchev–Trinajstić information content (AvgIpc) is 3.28. The number of anilines is 1. The molecular weight excluding hydrogens is 362 g/mol. The van der Waals surface area contributed by atoms with Crippen LogP contribution in [0.2, 0.25) is 0 Å². The largest absolute Gasteiger partial charge is 0.438 e. The van der Waals surface area contributed by atoms with Gasteiger partial charge in [0.25, 0.3) is 21.6 Å². The summed E-state index contributed by atoms with van der Waals surface area (Å²) in [5.74, 6) is -0.878. The van der Waals surface area contributed by atoms with Crippen LogP contribution in [0.1, 0.15) is 29.0 Å². The molecule has 1 aromatic heterocycles. The Hall–Kier alpha value is -2.72. The smallest absolute Gasteiger partial charge is 0.291 e. The average molecular weight is 379 g/mol. The van der Waals surface area contributed by atoms with Crippen LogP contribution in [-0.2, 0) is 10.0 Å². The second kappa shape index (κ2) is 6.89. The number of carbonyl (C=O) groups is 1. The highest BCUT2D eigenvalue weighted by molar-refractivity contribution is 7.89. The monoisotopic (exact) mass is 379 g/mol. The van der Waals surface area contributed by atoms with Crippen molar-refractivity contribution in [1.82, 2.24) is 4.31 Å². The summed E-state index contributed by atoms with van der Waals surface area (Å²) in [6.45, 7) is 2.45. The number of carbonyl (C=O) groups excluding carboxylic acids is 1. The second-order valence-corrected chi connectivity index (χ2v) is 7.81. The van der Waals surface area contributed by atoms with Gasteiger partial charge in [-0.25, -0.2) is 8.42 Å². The lowest BCUT2D eigenvalue weighted by molar-refractivity contribution is -0.385. The highest BCUT2D eigenvalue weighted by atomic mass is 32.2. The maximum absolute atomic E-state index is 12.4. The Kier molecular flexibility index (Phi) is 4.79. The Morgan fingerprint density at radius 2 is 1.92 bits per heavy atom. The van der Waals surface area contributed by atoms with Gasteiger partial charge in [-0.1, -0.05) is 6.07 Å². The first-order valence-electron chi connectivity index (χ1n) is 7.95. The molecule has 0 aliphatic carbocycles. The minimum absolute atomic E-state index is 0.125. The molecule has 1 N–H and O–H groups in total. The van der Waals surface area contributed by atoms with Gasteiger partial charge < -0.3 is 9.73 Å². The van der Waals surface area contributed by atoms with Crippen LogP contribution in [-0.4, -0.2) is 36.6 Å². The standard InChI is InChI=1S/C16H17N3O6S/c1-11-4-5-12(10-13(11)19(21)22)17-16(20)14-6-7-15(25-14)26(23,24)18-8-2-3-9-18/h4-7,10H,2-3,8-9H2,1H3,(H,17,20). The van der Waals surface area contributed by atoms with Crippen LogP contribution < -0.4 is 5.32 Å². The van der Waals surface area contributed by atoms with E-state index in [0.29, 0.717) is 18.7 Å². The lowest BCUT2D eigenvalue weighted by Crippen LogP contribution is -2.27. The van der Waals surface area contributed by atoms with Crippen molar-refractivity contribution in [3.8, 4) is 0 Å². The summed E-state index contributed by atoms with van der Waals surface area (Å²) in [7, 11) is -3.75. The molecule has 10 heteroatoms. The van der Waals surface area contributed by atoms with Crippen molar-refractivity contribution in [2.45, 2.75) is 24.9 Å². The Bertz CT molecular complexity index is 960. The van der Waals surface area contributed by atoms with Crippen molar-refractivity contribution in [1.29, 1.82) is 0 Å². The van der Waals surface area contributed by atoms with E-state index in [1.807, 2.05) is 0 Å². The summed E-state index contributed by atoms with van der Waals surface area (Å²) in [5.41, 5.74) is 0.553. The van der Waals surface area contributed by atoms with Crippen LogP contribution in [0.4, 0.5) is 11.4 Å². The first-order chi connectivity index (χ1) is 12.3. The third-order valence-electron chi connectivity index (χ3n) is 4.13. The van der Waals surface area contributed by atoms with Crippen molar-refractivity contribution < 1.29 is 22.6 Å². The minimum Gasteiger partial charge on any atom is -0.438 e. The number of benzene rings is 1. The summed E-state index contributed by atoms with van der Waals surface area (Å²) in [4.78, 5) is 22.7. The highest BCUT2D eigenvalue weighted by Gasteiger charge is 2.30. The highest BCUT2D eigenvalue weighted by Crippen LogP contribution is 2.25. The van der Waals surface area contributed by atoms with Gasteiger partial charge in [0.05, 0.1) is 4.92 Å². The van der Waals surface area contributed by atoms with Gasteiger partial charge >= 0.3 is 0 Å². The van der Waals surface area contributed by atoms with Gasteiger partial charge in [0.15, 0.2) is 5.76 Å². The van der Waals surface area contributed by atoms with E-state index in [9.17, 15) is 23.3 Å². The molecule has 0 spiro atoms. The summed E-state index contributed by atoms with van der Waals surface area (Å²) in [6, 6.07) is 6.77. The number of nitrogens with zero attached hydrogens (tertiary/aromatic N) is 2. The predicted octanol–water partition coefficient (Wildman–Crippen LogP) is 2.53. The van der Waals surface area contributed by atoms with Crippen LogP contribution in [0.25, 0.3) is 0 Å². The number of rotatable bonds is 5. The van der Waals surface area contributed by atoms with E-state index in [2.05, 4.69) is 5.32 Å². The molecule has 0 bridgehead atoms. The molecule has 1 fully saturated rings. The molecule has 0 saturated carbocycles. The van der Waals surface area contributed by atoms with Crippen molar-refractivity contribution in [2.24, 2.45) is 0 Å². The fourth-order valence-corrected chi connectivity index (χ4v) is 4.14. The molecule has 3 rings (SSSR count). The van der Waals surface area contributed by atoms with E-state index in [1.54, 1.807) is 6.92 Å². The summed E-state index contributed by atoms with van der Waals surface area (Å²) in [6.07, 6.45) is 1.58. The lowest BCUT2D eigenvalue weighted by Gasteiger charge is -2.12. The first-order valence-corrected chi connectivity index (χ1v) is 9.39. The van der Waals surface area contributed by atoms with Gasteiger partial charge in [-0.05, 0) is 38.0 Å². The SMILES string of the molecule is Cc1ccc(NC(=O)c2ccc(S(=O)(=O)N3CCCC3)o2)cc1[N+](=O)[O-]. The molecule has 1 aliphatic rings. The van der Waals surface area contributed by atoms with Gasteiger partial charge in [-0.2, -0.15) is 4.31 Å². The molecule has 0 radical (unpaired) electrons. The van der Waals surface area contributed by atoms with Crippen molar-refractivity contribution in [3.05, 3.63) is 51.8 Å². The molecule has 2 aromatic rings. The number of furan rings is 1. The molecule has 26 heavy (non-hydrogen) atoms. The number of sulfonamides is 1. The number of nitrogens with one attached hydrogen (secondary N) is 1. The minimum atomic E-state index is -3.75. The lowest BCUT2D eigenvalue weighted by atomic mass is 10.2. The first kappa shape index (κ1) is 18.1. The fourth-order valence-electron chi connectivity index (χ4n) is 2.71. The molecule has 9 nitrogen and oxygen atoms in total. The normalized spacial score (nSPS) is 15.1. The number of nitro benzene ring substituents is 1. The molecule has 0 atom stereocenters. The summed E-state index contributed by atoms with van der Waals surface area (Å²) < 4.78 is 31.4. The molecule has 2 heterocycles. The number of amides is 1.